The lowest BCUT2D eigenvalue weighted by Gasteiger charge is -2.08. The van der Waals surface area contributed by atoms with Gasteiger partial charge in [0.25, 0.3) is 0 Å². The van der Waals surface area contributed by atoms with E-state index in [-0.39, 0.29) is 17.4 Å². The normalized spacial score (nSPS) is 11.1. The number of anilines is 1. The maximum atomic E-state index is 11.6. The van der Waals surface area contributed by atoms with Crippen LogP contribution in [0.3, 0.4) is 0 Å². The zero-order valence-electron chi connectivity index (χ0n) is 9.31. The lowest BCUT2D eigenvalue weighted by molar-refractivity contribution is -0.139. The molecule has 0 saturated heterocycles. The van der Waals surface area contributed by atoms with Crippen LogP contribution in [0.2, 0.25) is 5.15 Å². The molecule has 0 amide bonds. The number of nitrogens with zero attached hydrogens (tertiary/aromatic N) is 1. The first-order valence-electron chi connectivity index (χ1n) is 4.81. The van der Waals surface area contributed by atoms with Crippen molar-refractivity contribution in [2.45, 2.75) is 6.92 Å². The van der Waals surface area contributed by atoms with Crippen LogP contribution in [0.25, 0.3) is 0 Å². The number of carbonyl (C=O) groups is 1. The summed E-state index contributed by atoms with van der Waals surface area (Å²) in [6.45, 7) is 1.71. The molecule has 9 heteroatoms. The van der Waals surface area contributed by atoms with Gasteiger partial charge in [-0.05, 0) is 28.9 Å². The standard InChI is InChI=1S/C9H10BrClN2O4S/c1-2-17-8(14)5-18(15,16)13-7-3-6(10)4-12-9(7)11/h3-4,13H,2,5H2,1H3. The highest BCUT2D eigenvalue weighted by molar-refractivity contribution is 9.10. The molecule has 18 heavy (non-hydrogen) atoms. The molecule has 100 valence electrons. The van der Waals surface area contributed by atoms with E-state index in [9.17, 15) is 13.2 Å². The molecule has 0 aliphatic carbocycles. The number of halogens is 2. The van der Waals surface area contributed by atoms with Crippen molar-refractivity contribution in [2.24, 2.45) is 0 Å². The topological polar surface area (TPSA) is 85.4 Å². The van der Waals surface area contributed by atoms with Gasteiger partial charge in [-0.15, -0.1) is 0 Å². The second kappa shape index (κ2) is 6.35. The Morgan fingerprint density at radius 1 is 1.61 bits per heavy atom. The maximum absolute atomic E-state index is 11.6. The van der Waals surface area contributed by atoms with E-state index in [1.165, 1.54) is 12.3 Å². The predicted octanol–water partition coefficient (Wildman–Crippen LogP) is 1.80. The Bertz CT molecular complexity index is 549. The molecule has 0 bridgehead atoms. The van der Waals surface area contributed by atoms with Gasteiger partial charge in [-0.2, -0.15) is 0 Å². The van der Waals surface area contributed by atoms with Crippen LogP contribution in [0.5, 0.6) is 0 Å². The predicted molar refractivity (Wildman–Crippen MR) is 71.0 cm³/mol. The van der Waals surface area contributed by atoms with E-state index >= 15 is 0 Å². The second-order valence-electron chi connectivity index (χ2n) is 3.16. The fourth-order valence-corrected chi connectivity index (χ4v) is 2.55. The van der Waals surface area contributed by atoms with Crippen molar-refractivity contribution in [3.05, 3.63) is 21.9 Å². The van der Waals surface area contributed by atoms with Crippen LogP contribution in [0, 0.1) is 0 Å². The van der Waals surface area contributed by atoms with Gasteiger partial charge in [0, 0.05) is 10.7 Å². The summed E-state index contributed by atoms with van der Waals surface area (Å²) in [4.78, 5) is 14.9. The Kier molecular flexibility index (Phi) is 5.36. The molecule has 0 spiro atoms. The van der Waals surface area contributed by atoms with Crippen molar-refractivity contribution in [1.82, 2.24) is 4.98 Å². The van der Waals surface area contributed by atoms with Crippen LogP contribution < -0.4 is 4.72 Å². The number of sulfonamides is 1. The Labute approximate surface area is 118 Å². The van der Waals surface area contributed by atoms with E-state index in [1.807, 2.05) is 0 Å². The highest BCUT2D eigenvalue weighted by Crippen LogP contribution is 2.23. The van der Waals surface area contributed by atoms with E-state index < -0.39 is 21.7 Å². The third-order valence-corrected chi connectivity index (χ3v) is 3.57. The Balaban J connectivity index is 2.82. The molecule has 1 aromatic rings. The number of rotatable bonds is 5. The number of ether oxygens (including phenoxy) is 1. The van der Waals surface area contributed by atoms with Crippen molar-refractivity contribution < 1.29 is 17.9 Å². The monoisotopic (exact) mass is 356 g/mol. The molecule has 0 unspecified atom stereocenters. The number of pyridine rings is 1. The third-order valence-electron chi connectivity index (χ3n) is 1.68. The van der Waals surface area contributed by atoms with E-state index in [0.29, 0.717) is 4.47 Å². The SMILES string of the molecule is CCOC(=O)CS(=O)(=O)Nc1cc(Br)cnc1Cl. The minimum atomic E-state index is -3.87. The van der Waals surface area contributed by atoms with Crippen LogP contribution in [-0.2, 0) is 19.6 Å². The third kappa shape index (κ3) is 4.79. The van der Waals surface area contributed by atoms with E-state index in [0.717, 1.165) is 0 Å². The highest BCUT2D eigenvalue weighted by atomic mass is 79.9. The number of hydrogen-bond acceptors (Lipinski definition) is 5. The Morgan fingerprint density at radius 2 is 2.28 bits per heavy atom. The van der Waals surface area contributed by atoms with Crippen LogP contribution in [0.1, 0.15) is 6.92 Å². The quantitative estimate of drug-likeness (QED) is 0.641. The van der Waals surface area contributed by atoms with Gasteiger partial charge in [-0.3, -0.25) is 9.52 Å². The Hall–Kier alpha value is -0.860. The van der Waals surface area contributed by atoms with Crippen molar-refractivity contribution in [3.8, 4) is 0 Å². The first-order chi connectivity index (χ1) is 8.34. The molecular weight excluding hydrogens is 348 g/mol. The summed E-state index contributed by atoms with van der Waals surface area (Å²) in [5.41, 5.74) is 0.0929. The minimum Gasteiger partial charge on any atom is -0.465 e. The van der Waals surface area contributed by atoms with Gasteiger partial charge in [0.2, 0.25) is 10.0 Å². The summed E-state index contributed by atoms with van der Waals surface area (Å²) in [6, 6.07) is 1.44. The van der Waals surface area contributed by atoms with E-state index in [2.05, 4.69) is 30.4 Å². The summed E-state index contributed by atoms with van der Waals surface area (Å²) in [5.74, 6) is -1.60. The fourth-order valence-electron chi connectivity index (χ4n) is 1.06. The second-order valence-corrected chi connectivity index (χ2v) is 6.15. The molecule has 1 aromatic heterocycles. The molecule has 0 aliphatic heterocycles. The molecule has 0 aliphatic rings. The van der Waals surface area contributed by atoms with E-state index in [4.69, 9.17) is 11.6 Å². The smallest absolute Gasteiger partial charge is 0.323 e. The molecule has 0 saturated carbocycles. The van der Waals surface area contributed by atoms with Crippen molar-refractivity contribution in [1.29, 1.82) is 0 Å². The number of esters is 1. The lowest BCUT2D eigenvalue weighted by Crippen LogP contribution is -2.24. The molecule has 6 nitrogen and oxygen atoms in total. The molecule has 0 aromatic carbocycles. The van der Waals surface area contributed by atoms with Crippen molar-refractivity contribution >= 4 is 49.2 Å². The van der Waals surface area contributed by atoms with Gasteiger partial charge < -0.3 is 4.74 Å². The van der Waals surface area contributed by atoms with Crippen molar-refractivity contribution in [3.63, 3.8) is 0 Å². The number of hydrogen-bond donors (Lipinski definition) is 1. The molecule has 1 heterocycles. The van der Waals surface area contributed by atoms with Crippen LogP contribution in [0.4, 0.5) is 5.69 Å². The van der Waals surface area contributed by atoms with Gasteiger partial charge in [-0.25, -0.2) is 13.4 Å². The first kappa shape index (κ1) is 15.2. The summed E-state index contributed by atoms with van der Waals surface area (Å²) >= 11 is 8.86. The summed E-state index contributed by atoms with van der Waals surface area (Å²) in [6.07, 6.45) is 1.42. The van der Waals surface area contributed by atoms with Gasteiger partial charge in [0.1, 0.15) is 0 Å². The van der Waals surface area contributed by atoms with Gasteiger partial charge >= 0.3 is 5.97 Å². The summed E-state index contributed by atoms with van der Waals surface area (Å²) < 4.78 is 30.5. The molecule has 0 fully saturated rings. The summed E-state index contributed by atoms with van der Waals surface area (Å²) in [5, 5.41) is -0.00867. The van der Waals surface area contributed by atoms with Crippen LogP contribution in [-0.4, -0.2) is 31.7 Å². The van der Waals surface area contributed by atoms with Crippen molar-refractivity contribution in [2.75, 3.05) is 17.1 Å². The molecule has 1 N–H and O–H groups in total. The van der Waals surface area contributed by atoms with Crippen LogP contribution in [0.15, 0.2) is 16.7 Å². The largest absolute Gasteiger partial charge is 0.465 e. The van der Waals surface area contributed by atoms with Crippen LogP contribution >= 0.6 is 27.5 Å². The zero-order valence-corrected chi connectivity index (χ0v) is 12.5. The van der Waals surface area contributed by atoms with Gasteiger partial charge in [0.15, 0.2) is 10.9 Å². The minimum absolute atomic E-state index is 0.00867. The number of aromatic nitrogens is 1. The average Bonchev–Trinajstić information content (AvgIpc) is 2.22. The number of nitrogens with one attached hydrogen (secondary N) is 1. The first-order valence-corrected chi connectivity index (χ1v) is 7.63. The van der Waals surface area contributed by atoms with E-state index in [1.54, 1.807) is 6.92 Å². The maximum Gasteiger partial charge on any atom is 0.323 e. The number of carbonyl (C=O) groups excluding carboxylic acids is 1. The zero-order chi connectivity index (χ0) is 13.8. The lowest BCUT2D eigenvalue weighted by atomic mass is 10.4. The fraction of sp³-hybridized carbons (Fsp3) is 0.333. The van der Waals surface area contributed by atoms with Gasteiger partial charge in [0.05, 0.1) is 12.3 Å². The average molecular weight is 358 g/mol. The Morgan fingerprint density at radius 3 is 2.89 bits per heavy atom. The molecular formula is C9H10BrClN2O4S. The molecule has 0 atom stereocenters. The molecule has 1 rings (SSSR count). The highest BCUT2D eigenvalue weighted by Gasteiger charge is 2.19. The summed E-state index contributed by atoms with van der Waals surface area (Å²) in [7, 11) is -3.87. The molecule has 0 radical (unpaired) electrons. The van der Waals surface area contributed by atoms with Gasteiger partial charge in [-0.1, -0.05) is 11.6 Å².